The average molecular weight is 207 g/mol. The highest BCUT2D eigenvalue weighted by atomic mass is 16.5. The first kappa shape index (κ1) is 11.8. The van der Waals surface area contributed by atoms with E-state index in [1.807, 2.05) is 12.1 Å². The maximum absolute atomic E-state index is 11.6. The van der Waals surface area contributed by atoms with E-state index in [4.69, 9.17) is 10.00 Å². The van der Waals surface area contributed by atoms with Crippen molar-refractivity contribution in [3.05, 3.63) is 12.2 Å². The minimum atomic E-state index is -0.107. The van der Waals surface area contributed by atoms with E-state index in [-0.39, 0.29) is 11.9 Å². The third-order valence-corrected chi connectivity index (χ3v) is 2.73. The first-order valence-corrected chi connectivity index (χ1v) is 5.44. The number of allylic oxidation sites excluding steroid dienone is 2. The fourth-order valence-electron chi connectivity index (χ4n) is 1.71. The summed E-state index contributed by atoms with van der Waals surface area (Å²) in [5.74, 6) is 0.278. The van der Waals surface area contributed by atoms with Gasteiger partial charge in [-0.2, -0.15) is 5.26 Å². The molecule has 2 atom stereocenters. The van der Waals surface area contributed by atoms with E-state index >= 15 is 0 Å². The largest absolute Gasteiger partial charge is 0.465 e. The predicted octanol–water partition coefficient (Wildman–Crippen LogP) is 2.44. The minimum Gasteiger partial charge on any atom is -0.465 e. The molecule has 0 saturated carbocycles. The van der Waals surface area contributed by atoms with Crippen molar-refractivity contribution in [1.29, 1.82) is 5.26 Å². The summed E-state index contributed by atoms with van der Waals surface area (Å²) < 4.78 is 5.13. The number of nitrogens with zero attached hydrogens (tertiary/aromatic N) is 1. The second-order valence-corrected chi connectivity index (χ2v) is 3.96. The summed E-state index contributed by atoms with van der Waals surface area (Å²) in [6.45, 7) is 2.45. The molecule has 0 bridgehead atoms. The zero-order valence-corrected chi connectivity index (χ0v) is 9.11. The maximum atomic E-state index is 11.6. The average Bonchev–Trinajstić information content (AvgIpc) is 2.25. The number of carbonyl (C=O) groups is 1. The second-order valence-electron chi connectivity index (χ2n) is 3.96. The molecule has 0 aromatic carbocycles. The van der Waals surface area contributed by atoms with Crippen LogP contribution in [0.25, 0.3) is 0 Å². The van der Waals surface area contributed by atoms with E-state index in [1.54, 1.807) is 0 Å². The van der Waals surface area contributed by atoms with Crippen LogP contribution in [0, 0.1) is 23.2 Å². The molecular formula is C12H17NO2. The van der Waals surface area contributed by atoms with Gasteiger partial charge < -0.3 is 4.74 Å². The number of hydrogen-bond donors (Lipinski definition) is 0. The van der Waals surface area contributed by atoms with E-state index < -0.39 is 0 Å². The van der Waals surface area contributed by atoms with Gasteiger partial charge in [0.25, 0.3) is 0 Å². The van der Waals surface area contributed by atoms with Crippen LogP contribution < -0.4 is 0 Å². The molecule has 0 heterocycles. The number of ether oxygens (including phenoxy) is 1. The number of carbonyl (C=O) groups excluding carboxylic acids is 1. The monoisotopic (exact) mass is 207 g/mol. The summed E-state index contributed by atoms with van der Waals surface area (Å²) in [5, 5.41) is 8.32. The van der Waals surface area contributed by atoms with E-state index in [0.29, 0.717) is 25.4 Å². The molecule has 0 saturated heterocycles. The molecule has 82 valence electrons. The van der Waals surface area contributed by atoms with Crippen LogP contribution in [0.4, 0.5) is 0 Å². The Bertz CT molecular complexity index is 278. The van der Waals surface area contributed by atoms with Crippen LogP contribution >= 0.6 is 0 Å². The van der Waals surface area contributed by atoms with Gasteiger partial charge in [0, 0.05) is 6.42 Å². The Kier molecular flexibility index (Phi) is 4.89. The Hall–Kier alpha value is -1.30. The molecule has 0 fully saturated rings. The van der Waals surface area contributed by atoms with Crippen LogP contribution in [0.15, 0.2) is 12.2 Å². The van der Waals surface area contributed by atoms with Crippen molar-refractivity contribution in [2.75, 3.05) is 6.61 Å². The molecule has 0 amide bonds. The molecule has 1 rings (SSSR count). The first-order chi connectivity index (χ1) is 7.25. The van der Waals surface area contributed by atoms with Gasteiger partial charge in [0.05, 0.1) is 18.6 Å². The second kappa shape index (κ2) is 6.23. The molecule has 0 aromatic heterocycles. The molecule has 15 heavy (non-hydrogen) atoms. The lowest BCUT2D eigenvalue weighted by atomic mass is 9.84. The highest BCUT2D eigenvalue weighted by Crippen LogP contribution is 2.25. The third kappa shape index (κ3) is 3.75. The van der Waals surface area contributed by atoms with E-state index in [2.05, 4.69) is 13.0 Å². The van der Waals surface area contributed by atoms with Crippen LogP contribution in [-0.4, -0.2) is 12.6 Å². The Labute approximate surface area is 90.7 Å². The summed E-state index contributed by atoms with van der Waals surface area (Å²) >= 11 is 0. The van der Waals surface area contributed by atoms with Crippen LogP contribution in [0.2, 0.25) is 0 Å². The van der Waals surface area contributed by atoms with Crippen LogP contribution in [0.1, 0.15) is 32.6 Å². The zero-order chi connectivity index (χ0) is 11.1. The molecule has 0 aliphatic heterocycles. The normalized spacial score (nSPS) is 24.5. The molecular weight excluding hydrogens is 190 g/mol. The zero-order valence-electron chi connectivity index (χ0n) is 9.11. The molecule has 0 radical (unpaired) electrons. The van der Waals surface area contributed by atoms with Crippen molar-refractivity contribution in [2.24, 2.45) is 11.8 Å². The lowest BCUT2D eigenvalue weighted by molar-refractivity contribution is -0.150. The standard InChI is InChI=1S/C12H17NO2/c1-10-6-2-3-7-11(10)12(14)15-9-5-4-8-13/h2-3,10-11H,4-7,9H2,1H3. The third-order valence-electron chi connectivity index (χ3n) is 2.73. The molecule has 3 heteroatoms. The van der Waals surface area contributed by atoms with Gasteiger partial charge in [-0.1, -0.05) is 19.1 Å². The Morgan fingerprint density at radius 3 is 2.93 bits per heavy atom. The summed E-state index contributed by atoms with van der Waals surface area (Å²) in [6, 6.07) is 2.03. The SMILES string of the molecule is CC1CC=CCC1C(=O)OCCCC#N. The fraction of sp³-hybridized carbons (Fsp3) is 0.667. The van der Waals surface area contributed by atoms with Crippen LogP contribution in [0.5, 0.6) is 0 Å². The quantitative estimate of drug-likeness (QED) is 0.404. The van der Waals surface area contributed by atoms with Gasteiger partial charge in [0.1, 0.15) is 0 Å². The number of rotatable bonds is 4. The highest BCUT2D eigenvalue weighted by molar-refractivity contribution is 5.73. The molecule has 3 nitrogen and oxygen atoms in total. The summed E-state index contributed by atoms with van der Waals surface area (Å²) in [4.78, 5) is 11.6. The van der Waals surface area contributed by atoms with E-state index in [1.165, 1.54) is 0 Å². The maximum Gasteiger partial charge on any atom is 0.309 e. The Morgan fingerprint density at radius 2 is 2.27 bits per heavy atom. The first-order valence-electron chi connectivity index (χ1n) is 5.44. The topological polar surface area (TPSA) is 50.1 Å². The molecule has 0 N–H and O–H groups in total. The molecule has 1 aliphatic rings. The van der Waals surface area contributed by atoms with Crippen LogP contribution in [0.3, 0.4) is 0 Å². The summed E-state index contributed by atoms with van der Waals surface area (Å²) in [6.07, 6.45) is 6.99. The molecule has 0 aromatic rings. The van der Waals surface area contributed by atoms with Crippen molar-refractivity contribution >= 4 is 5.97 Å². The van der Waals surface area contributed by atoms with E-state index in [0.717, 1.165) is 12.8 Å². The lowest BCUT2D eigenvalue weighted by Gasteiger charge is -2.23. The van der Waals surface area contributed by atoms with Gasteiger partial charge in [0.15, 0.2) is 0 Å². The number of esters is 1. The van der Waals surface area contributed by atoms with Crippen LogP contribution in [-0.2, 0) is 9.53 Å². The van der Waals surface area contributed by atoms with Crippen molar-refractivity contribution in [3.63, 3.8) is 0 Å². The molecule has 2 unspecified atom stereocenters. The summed E-state index contributed by atoms with van der Waals surface area (Å²) in [5.41, 5.74) is 0. The predicted molar refractivity (Wildman–Crippen MR) is 56.8 cm³/mol. The van der Waals surface area contributed by atoms with Crippen molar-refractivity contribution in [1.82, 2.24) is 0 Å². The van der Waals surface area contributed by atoms with Gasteiger partial charge in [-0.15, -0.1) is 0 Å². The van der Waals surface area contributed by atoms with Gasteiger partial charge in [0.2, 0.25) is 0 Å². The lowest BCUT2D eigenvalue weighted by Crippen LogP contribution is -2.25. The Balaban J connectivity index is 2.27. The smallest absolute Gasteiger partial charge is 0.309 e. The van der Waals surface area contributed by atoms with Crippen molar-refractivity contribution in [3.8, 4) is 6.07 Å². The van der Waals surface area contributed by atoms with Gasteiger partial charge in [-0.3, -0.25) is 4.79 Å². The summed E-state index contributed by atoms with van der Waals surface area (Å²) in [7, 11) is 0. The number of hydrogen-bond acceptors (Lipinski definition) is 3. The molecule has 1 aliphatic carbocycles. The van der Waals surface area contributed by atoms with Gasteiger partial charge >= 0.3 is 5.97 Å². The molecule has 0 spiro atoms. The van der Waals surface area contributed by atoms with Gasteiger partial charge in [-0.05, 0) is 25.2 Å². The van der Waals surface area contributed by atoms with E-state index in [9.17, 15) is 4.79 Å². The number of nitriles is 1. The fourth-order valence-corrected chi connectivity index (χ4v) is 1.71. The highest BCUT2D eigenvalue weighted by Gasteiger charge is 2.26. The Morgan fingerprint density at radius 1 is 1.53 bits per heavy atom. The minimum absolute atomic E-state index is 0.0112. The van der Waals surface area contributed by atoms with Crippen molar-refractivity contribution in [2.45, 2.75) is 32.6 Å². The van der Waals surface area contributed by atoms with Crippen molar-refractivity contribution < 1.29 is 9.53 Å². The van der Waals surface area contributed by atoms with Gasteiger partial charge in [-0.25, -0.2) is 0 Å². The number of unbranched alkanes of at least 4 members (excludes halogenated alkanes) is 1.